The molecule has 0 saturated carbocycles. The first-order chi connectivity index (χ1) is 9.79. The van der Waals surface area contributed by atoms with Gasteiger partial charge in [-0.3, -0.25) is 9.52 Å². The molecule has 0 aliphatic carbocycles. The lowest BCUT2D eigenvalue weighted by Crippen LogP contribution is -2.14. The highest BCUT2D eigenvalue weighted by Crippen LogP contribution is 2.22. The smallest absolute Gasteiger partial charge is 0.262 e. The number of carbonyl (C=O) groups excluding carboxylic acids is 1. The number of carbonyl (C=O) groups is 1. The average molecular weight is 324 g/mol. The van der Waals surface area contributed by atoms with Crippen molar-refractivity contribution in [1.29, 1.82) is 0 Å². The Morgan fingerprint density at radius 3 is 2.24 bits per heavy atom. The monoisotopic (exact) mass is 323 g/mol. The lowest BCUT2D eigenvalue weighted by atomic mass is 10.1. The topological polar surface area (TPSA) is 63.2 Å². The van der Waals surface area contributed by atoms with Crippen molar-refractivity contribution in [2.75, 3.05) is 4.72 Å². The lowest BCUT2D eigenvalue weighted by Gasteiger charge is -2.11. The zero-order valence-corrected chi connectivity index (χ0v) is 13.1. The second kappa shape index (κ2) is 5.87. The Bertz CT molecular complexity index is 783. The van der Waals surface area contributed by atoms with Crippen molar-refractivity contribution < 1.29 is 13.2 Å². The molecule has 0 spiro atoms. The van der Waals surface area contributed by atoms with Crippen LogP contribution in [0, 0.1) is 6.92 Å². The number of Topliss-reactive ketones (excluding diaryl/α,β-unsaturated/α-hetero) is 1. The number of halogens is 1. The van der Waals surface area contributed by atoms with E-state index in [0.717, 1.165) is 0 Å². The van der Waals surface area contributed by atoms with Gasteiger partial charge in [0.2, 0.25) is 0 Å². The standard InChI is InChI=1S/C15H14ClNO3S/c1-10-9-13(16)5-8-15(10)21(19,20)17-14-6-3-12(4-7-14)11(2)18/h3-9,17H,1-2H3. The fourth-order valence-corrected chi connectivity index (χ4v) is 3.41. The van der Waals surface area contributed by atoms with Gasteiger partial charge in [0, 0.05) is 16.3 Å². The first kappa shape index (κ1) is 15.5. The molecule has 6 heteroatoms. The van der Waals surface area contributed by atoms with E-state index in [1.807, 2.05) is 0 Å². The molecule has 0 aromatic heterocycles. The largest absolute Gasteiger partial charge is 0.295 e. The van der Waals surface area contributed by atoms with Gasteiger partial charge in [0.05, 0.1) is 4.90 Å². The summed E-state index contributed by atoms with van der Waals surface area (Å²) in [5.41, 5.74) is 1.49. The van der Waals surface area contributed by atoms with Crippen molar-refractivity contribution in [2.24, 2.45) is 0 Å². The van der Waals surface area contributed by atoms with Gasteiger partial charge in [-0.05, 0) is 61.9 Å². The maximum absolute atomic E-state index is 12.3. The second-order valence-electron chi connectivity index (χ2n) is 4.65. The first-order valence-electron chi connectivity index (χ1n) is 6.19. The Morgan fingerprint density at radius 1 is 1.10 bits per heavy atom. The molecule has 0 unspecified atom stereocenters. The molecular formula is C15H14ClNO3S. The molecule has 0 atom stereocenters. The second-order valence-corrected chi connectivity index (χ2v) is 6.74. The summed E-state index contributed by atoms with van der Waals surface area (Å²) in [6.45, 7) is 3.13. The van der Waals surface area contributed by atoms with Crippen LogP contribution in [0.1, 0.15) is 22.8 Å². The third kappa shape index (κ3) is 3.62. The van der Waals surface area contributed by atoms with Crippen molar-refractivity contribution >= 4 is 33.1 Å². The van der Waals surface area contributed by atoms with E-state index in [-0.39, 0.29) is 10.7 Å². The van der Waals surface area contributed by atoms with Crippen LogP contribution in [0.2, 0.25) is 5.02 Å². The maximum Gasteiger partial charge on any atom is 0.262 e. The predicted octanol–water partition coefficient (Wildman–Crippen LogP) is 3.65. The number of nitrogens with one attached hydrogen (secondary N) is 1. The Hall–Kier alpha value is -1.85. The molecule has 0 aliphatic heterocycles. The average Bonchev–Trinajstić information content (AvgIpc) is 2.38. The Balaban J connectivity index is 2.30. The molecule has 2 rings (SSSR count). The van der Waals surface area contributed by atoms with Gasteiger partial charge >= 0.3 is 0 Å². The molecule has 0 bridgehead atoms. The minimum Gasteiger partial charge on any atom is -0.295 e. The highest BCUT2D eigenvalue weighted by Gasteiger charge is 2.17. The minimum atomic E-state index is -3.69. The summed E-state index contributed by atoms with van der Waals surface area (Å²) < 4.78 is 27.1. The van der Waals surface area contributed by atoms with Gasteiger partial charge < -0.3 is 0 Å². The molecule has 1 N–H and O–H groups in total. The lowest BCUT2D eigenvalue weighted by molar-refractivity contribution is 0.101. The zero-order valence-electron chi connectivity index (χ0n) is 11.6. The van der Waals surface area contributed by atoms with E-state index >= 15 is 0 Å². The van der Waals surface area contributed by atoms with Crippen molar-refractivity contribution in [3.8, 4) is 0 Å². The summed E-state index contributed by atoms with van der Waals surface area (Å²) in [6, 6.07) is 10.9. The Morgan fingerprint density at radius 2 is 1.71 bits per heavy atom. The molecule has 2 aromatic rings. The molecule has 0 amide bonds. The molecule has 0 saturated heterocycles. The zero-order chi connectivity index (χ0) is 15.6. The van der Waals surface area contributed by atoms with Crippen LogP contribution in [-0.4, -0.2) is 14.2 Å². The van der Waals surface area contributed by atoms with E-state index in [9.17, 15) is 13.2 Å². The molecule has 4 nitrogen and oxygen atoms in total. The number of sulfonamides is 1. The van der Waals surface area contributed by atoms with Gasteiger partial charge in [0.15, 0.2) is 5.78 Å². The molecule has 110 valence electrons. The molecule has 0 fully saturated rings. The highest BCUT2D eigenvalue weighted by molar-refractivity contribution is 7.92. The van der Waals surface area contributed by atoms with E-state index < -0.39 is 10.0 Å². The first-order valence-corrected chi connectivity index (χ1v) is 8.06. The molecule has 0 aliphatic rings. The van der Waals surface area contributed by atoms with Crippen LogP contribution in [-0.2, 0) is 10.0 Å². The fraction of sp³-hybridized carbons (Fsp3) is 0.133. The van der Waals surface area contributed by atoms with Crippen LogP contribution >= 0.6 is 11.6 Å². The number of hydrogen-bond donors (Lipinski definition) is 1. The summed E-state index contributed by atoms with van der Waals surface area (Å²) in [7, 11) is -3.69. The van der Waals surface area contributed by atoms with E-state index in [1.54, 1.807) is 37.3 Å². The van der Waals surface area contributed by atoms with E-state index in [1.165, 1.54) is 19.1 Å². The molecular weight excluding hydrogens is 310 g/mol. The van der Waals surface area contributed by atoms with Gasteiger partial charge in [-0.1, -0.05) is 11.6 Å². The summed E-state index contributed by atoms with van der Waals surface area (Å²) in [5, 5.41) is 0.484. The molecule has 0 radical (unpaired) electrons. The van der Waals surface area contributed by atoms with Crippen LogP contribution in [0.15, 0.2) is 47.4 Å². The fourth-order valence-electron chi connectivity index (χ4n) is 1.90. The van der Waals surface area contributed by atoms with Crippen LogP contribution < -0.4 is 4.72 Å². The third-order valence-corrected chi connectivity index (χ3v) is 4.75. The molecule has 2 aromatic carbocycles. The van der Waals surface area contributed by atoms with Crippen molar-refractivity contribution in [2.45, 2.75) is 18.7 Å². The van der Waals surface area contributed by atoms with E-state index in [2.05, 4.69) is 4.72 Å². The van der Waals surface area contributed by atoms with Crippen LogP contribution in [0.4, 0.5) is 5.69 Å². The van der Waals surface area contributed by atoms with Crippen molar-refractivity contribution in [3.05, 3.63) is 58.6 Å². The number of ketones is 1. The summed E-state index contributed by atoms with van der Waals surface area (Å²) in [4.78, 5) is 11.4. The van der Waals surface area contributed by atoms with Crippen LogP contribution in [0.3, 0.4) is 0 Å². The van der Waals surface area contributed by atoms with Gasteiger partial charge in [-0.25, -0.2) is 8.42 Å². The SMILES string of the molecule is CC(=O)c1ccc(NS(=O)(=O)c2ccc(Cl)cc2C)cc1. The van der Waals surface area contributed by atoms with E-state index in [0.29, 0.717) is 21.8 Å². The number of anilines is 1. The number of rotatable bonds is 4. The van der Waals surface area contributed by atoms with Gasteiger partial charge in [0.1, 0.15) is 0 Å². The summed E-state index contributed by atoms with van der Waals surface area (Å²) >= 11 is 5.83. The van der Waals surface area contributed by atoms with Crippen molar-refractivity contribution in [3.63, 3.8) is 0 Å². The normalized spacial score (nSPS) is 11.2. The van der Waals surface area contributed by atoms with Crippen LogP contribution in [0.25, 0.3) is 0 Å². The number of aryl methyl sites for hydroxylation is 1. The molecule has 0 heterocycles. The number of hydrogen-bond acceptors (Lipinski definition) is 3. The van der Waals surface area contributed by atoms with Crippen molar-refractivity contribution in [1.82, 2.24) is 0 Å². The summed E-state index contributed by atoms with van der Waals surface area (Å²) in [6.07, 6.45) is 0. The molecule has 21 heavy (non-hydrogen) atoms. The predicted molar refractivity (Wildman–Crippen MR) is 83.4 cm³/mol. The summed E-state index contributed by atoms with van der Waals surface area (Å²) in [5.74, 6) is -0.0713. The highest BCUT2D eigenvalue weighted by atomic mass is 35.5. The third-order valence-electron chi connectivity index (χ3n) is 2.97. The number of benzene rings is 2. The van der Waals surface area contributed by atoms with Crippen LogP contribution in [0.5, 0.6) is 0 Å². The Labute approximate surface area is 128 Å². The van der Waals surface area contributed by atoms with Gasteiger partial charge in [0.25, 0.3) is 10.0 Å². The van der Waals surface area contributed by atoms with E-state index in [4.69, 9.17) is 11.6 Å². The van der Waals surface area contributed by atoms with Gasteiger partial charge in [-0.2, -0.15) is 0 Å². The minimum absolute atomic E-state index is 0.0713. The van der Waals surface area contributed by atoms with Gasteiger partial charge in [-0.15, -0.1) is 0 Å². The Kier molecular flexibility index (Phi) is 4.34. The maximum atomic E-state index is 12.3. The quantitative estimate of drug-likeness (QED) is 0.873.